The fraction of sp³-hybridized carbons (Fsp3) is 0.150. The van der Waals surface area contributed by atoms with Crippen molar-refractivity contribution >= 4 is 31.8 Å². The molecular weight excluding hydrogens is 362 g/mol. The molecule has 6 nitrogen and oxygen atoms in total. The lowest BCUT2D eigenvalue weighted by Gasteiger charge is -2.17. The van der Waals surface area contributed by atoms with Crippen molar-refractivity contribution in [2.45, 2.75) is 11.3 Å². The SMILES string of the molecule is CN(CCc1ccccc1)S(=O)(=O)c1ccc2[nH]c(=O)c3[nH]ccc3c2c1. The van der Waals surface area contributed by atoms with Crippen LogP contribution in [0.5, 0.6) is 0 Å². The zero-order valence-corrected chi connectivity index (χ0v) is 15.6. The fourth-order valence-corrected chi connectivity index (χ4v) is 4.41. The molecule has 4 rings (SSSR count). The summed E-state index contributed by atoms with van der Waals surface area (Å²) in [6.45, 7) is 0.384. The molecule has 2 aromatic heterocycles. The molecule has 27 heavy (non-hydrogen) atoms. The quantitative estimate of drug-likeness (QED) is 0.557. The third-order valence-electron chi connectivity index (χ3n) is 4.77. The van der Waals surface area contributed by atoms with E-state index in [-0.39, 0.29) is 10.5 Å². The molecule has 0 bridgehead atoms. The topological polar surface area (TPSA) is 86.0 Å². The van der Waals surface area contributed by atoms with Crippen molar-refractivity contribution in [1.82, 2.24) is 14.3 Å². The summed E-state index contributed by atoms with van der Waals surface area (Å²) in [5.41, 5.74) is 1.91. The van der Waals surface area contributed by atoms with Crippen LogP contribution in [0.3, 0.4) is 0 Å². The van der Waals surface area contributed by atoms with Crippen molar-refractivity contribution in [3.63, 3.8) is 0 Å². The molecule has 2 heterocycles. The zero-order valence-electron chi connectivity index (χ0n) is 14.8. The Morgan fingerprint density at radius 2 is 1.78 bits per heavy atom. The first-order valence-corrected chi connectivity index (χ1v) is 10.0. The molecule has 0 saturated heterocycles. The van der Waals surface area contributed by atoms with Gasteiger partial charge in [-0.15, -0.1) is 0 Å². The molecule has 0 radical (unpaired) electrons. The van der Waals surface area contributed by atoms with E-state index in [0.29, 0.717) is 34.8 Å². The van der Waals surface area contributed by atoms with Crippen LogP contribution < -0.4 is 5.56 Å². The number of aromatic amines is 2. The first-order valence-electron chi connectivity index (χ1n) is 8.60. The van der Waals surface area contributed by atoms with E-state index in [2.05, 4.69) is 9.97 Å². The van der Waals surface area contributed by atoms with Crippen LogP contribution in [-0.2, 0) is 16.4 Å². The third kappa shape index (κ3) is 3.15. The maximum atomic E-state index is 13.0. The minimum absolute atomic E-state index is 0.208. The summed E-state index contributed by atoms with van der Waals surface area (Å²) in [7, 11) is -2.05. The second kappa shape index (κ2) is 6.68. The van der Waals surface area contributed by atoms with Crippen LogP contribution in [0.15, 0.2) is 70.5 Å². The summed E-state index contributed by atoms with van der Waals surface area (Å²) >= 11 is 0. The molecule has 0 unspecified atom stereocenters. The van der Waals surface area contributed by atoms with Crippen LogP contribution >= 0.6 is 0 Å². The minimum atomic E-state index is -3.63. The first kappa shape index (κ1) is 17.5. The lowest BCUT2D eigenvalue weighted by Crippen LogP contribution is -2.29. The minimum Gasteiger partial charge on any atom is -0.357 e. The zero-order chi connectivity index (χ0) is 19.0. The Labute approximate surface area is 156 Å². The number of nitrogens with one attached hydrogen (secondary N) is 2. The van der Waals surface area contributed by atoms with Crippen LogP contribution in [0.1, 0.15) is 5.56 Å². The van der Waals surface area contributed by atoms with Gasteiger partial charge in [0.2, 0.25) is 10.0 Å². The van der Waals surface area contributed by atoms with Crippen molar-refractivity contribution in [2.24, 2.45) is 0 Å². The molecule has 4 aromatic rings. The molecule has 0 aliphatic carbocycles. The van der Waals surface area contributed by atoms with Crippen molar-refractivity contribution < 1.29 is 8.42 Å². The number of fused-ring (bicyclic) bond motifs is 3. The van der Waals surface area contributed by atoms with Crippen LogP contribution in [-0.4, -0.2) is 36.3 Å². The maximum absolute atomic E-state index is 13.0. The summed E-state index contributed by atoms with van der Waals surface area (Å²) in [4.78, 5) is 17.9. The molecule has 0 amide bonds. The number of pyridine rings is 1. The number of likely N-dealkylation sites (N-methyl/N-ethyl adjacent to an activating group) is 1. The number of aromatic nitrogens is 2. The monoisotopic (exact) mass is 381 g/mol. The summed E-state index contributed by atoms with van der Waals surface area (Å²) in [5.74, 6) is 0. The Hall–Kier alpha value is -2.90. The molecule has 0 fully saturated rings. The molecule has 7 heteroatoms. The van der Waals surface area contributed by atoms with Gasteiger partial charge in [0.1, 0.15) is 5.52 Å². The van der Waals surface area contributed by atoms with E-state index in [1.165, 1.54) is 10.4 Å². The molecule has 0 aliphatic rings. The summed E-state index contributed by atoms with van der Waals surface area (Å²) in [6.07, 6.45) is 2.31. The molecule has 2 aromatic carbocycles. The average molecular weight is 381 g/mol. The van der Waals surface area contributed by atoms with Crippen molar-refractivity contribution in [1.29, 1.82) is 0 Å². The van der Waals surface area contributed by atoms with E-state index < -0.39 is 10.0 Å². The molecule has 0 saturated carbocycles. The van der Waals surface area contributed by atoms with Crippen molar-refractivity contribution in [3.05, 3.63) is 76.7 Å². The van der Waals surface area contributed by atoms with Gasteiger partial charge < -0.3 is 9.97 Å². The maximum Gasteiger partial charge on any atom is 0.272 e. The summed E-state index contributed by atoms with van der Waals surface area (Å²) in [5, 5.41) is 1.40. The van der Waals surface area contributed by atoms with E-state index in [1.807, 2.05) is 30.3 Å². The Balaban J connectivity index is 1.69. The highest BCUT2D eigenvalue weighted by atomic mass is 32.2. The number of hydrogen-bond acceptors (Lipinski definition) is 3. The third-order valence-corrected chi connectivity index (χ3v) is 6.62. The van der Waals surface area contributed by atoms with Crippen molar-refractivity contribution in [2.75, 3.05) is 13.6 Å². The molecule has 2 N–H and O–H groups in total. The van der Waals surface area contributed by atoms with Gasteiger partial charge in [-0.05, 0) is 36.2 Å². The van der Waals surface area contributed by atoms with E-state index >= 15 is 0 Å². The number of benzene rings is 2. The number of nitrogens with zero attached hydrogens (tertiary/aromatic N) is 1. The van der Waals surface area contributed by atoms with Crippen LogP contribution in [0.25, 0.3) is 21.8 Å². The van der Waals surface area contributed by atoms with E-state index in [4.69, 9.17) is 0 Å². The molecule has 138 valence electrons. The second-order valence-electron chi connectivity index (χ2n) is 6.49. The van der Waals surface area contributed by atoms with Gasteiger partial charge in [-0.1, -0.05) is 30.3 Å². The fourth-order valence-electron chi connectivity index (χ4n) is 3.21. The standard InChI is InChI=1S/C20H19N3O3S/c1-23(12-10-14-5-3-2-4-6-14)27(25,26)15-7-8-18-17(13-15)16-9-11-21-19(16)20(24)22-18/h2-9,11,13,21H,10,12H2,1H3,(H,22,24). The summed E-state index contributed by atoms with van der Waals surface area (Å²) in [6, 6.07) is 16.4. The van der Waals surface area contributed by atoms with Gasteiger partial charge in [0.15, 0.2) is 0 Å². The van der Waals surface area contributed by atoms with E-state index in [0.717, 1.165) is 5.56 Å². The van der Waals surface area contributed by atoms with E-state index in [9.17, 15) is 13.2 Å². The van der Waals surface area contributed by atoms with Gasteiger partial charge >= 0.3 is 0 Å². The van der Waals surface area contributed by atoms with Gasteiger partial charge in [0.25, 0.3) is 5.56 Å². The molecule has 0 aliphatic heterocycles. The Morgan fingerprint density at radius 3 is 2.56 bits per heavy atom. The second-order valence-corrected chi connectivity index (χ2v) is 8.53. The van der Waals surface area contributed by atoms with E-state index in [1.54, 1.807) is 31.4 Å². The van der Waals surface area contributed by atoms with Gasteiger partial charge in [0, 0.05) is 36.1 Å². The highest BCUT2D eigenvalue weighted by molar-refractivity contribution is 7.89. The van der Waals surface area contributed by atoms with Gasteiger partial charge in [-0.3, -0.25) is 4.79 Å². The normalized spacial score (nSPS) is 12.2. The number of rotatable bonds is 5. The molecule has 0 atom stereocenters. The van der Waals surface area contributed by atoms with Gasteiger partial charge in [-0.2, -0.15) is 0 Å². The van der Waals surface area contributed by atoms with Gasteiger partial charge in [-0.25, -0.2) is 12.7 Å². The number of H-pyrrole nitrogens is 2. The highest BCUT2D eigenvalue weighted by Crippen LogP contribution is 2.25. The van der Waals surface area contributed by atoms with Crippen LogP contribution in [0.2, 0.25) is 0 Å². The van der Waals surface area contributed by atoms with Crippen LogP contribution in [0, 0.1) is 0 Å². The van der Waals surface area contributed by atoms with Crippen LogP contribution in [0.4, 0.5) is 0 Å². The largest absolute Gasteiger partial charge is 0.357 e. The Morgan fingerprint density at radius 1 is 1.00 bits per heavy atom. The highest BCUT2D eigenvalue weighted by Gasteiger charge is 2.21. The Kier molecular flexibility index (Phi) is 4.33. The Bertz CT molecular complexity index is 1270. The van der Waals surface area contributed by atoms with Crippen molar-refractivity contribution in [3.8, 4) is 0 Å². The smallest absolute Gasteiger partial charge is 0.272 e. The summed E-state index contributed by atoms with van der Waals surface area (Å²) < 4.78 is 27.3. The predicted octanol–water partition coefficient (Wildman–Crippen LogP) is 2.87. The average Bonchev–Trinajstić information content (AvgIpc) is 3.17. The number of sulfonamides is 1. The molecular formula is C20H19N3O3S. The predicted molar refractivity (Wildman–Crippen MR) is 106 cm³/mol. The first-order chi connectivity index (χ1) is 13.0. The van der Waals surface area contributed by atoms with Gasteiger partial charge in [0.05, 0.1) is 4.90 Å². The lowest BCUT2D eigenvalue weighted by atomic mass is 10.1. The lowest BCUT2D eigenvalue weighted by molar-refractivity contribution is 0.472. The number of hydrogen-bond donors (Lipinski definition) is 2. The molecule has 0 spiro atoms.